The van der Waals surface area contributed by atoms with Crippen LogP contribution in [0, 0.1) is 5.92 Å². The lowest BCUT2D eigenvalue weighted by molar-refractivity contribution is -0.126. The summed E-state index contributed by atoms with van der Waals surface area (Å²) in [6, 6.07) is 11.4. The number of ether oxygens (including phenoxy) is 2. The molecule has 0 spiro atoms. The van der Waals surface area contributed by atoms with E-state index in [2.05, 4.69) is 5.32 Å². The van der Waals surface area contributed by atoms with Gasteiger partial charge in [0, 0.05) is 38.8 Å². The van der Waals surface area contributed by atoms with Crippen molar-refractivity contribution in [2.75, 3.05) is 46.9 Å². The van der Waals surface area contributed by atoms with Gasteiger partial charge < -0.3 is 14.8 Å². The monoisotopic (exact) mass is 565 g/mol. The lowest BCUT2D eigenvalue weighted by atomic mass is 9.99. The van der Waals surface area contributed by atoms with Gasteiger partial charge in [-0.3, -0.25) is 4.79 Å². The molecule has 2 aromatic carbocycles. The molecule has 2 saturated heterocycles. The number of sulfonamides is 2. The molecule has 0 aliphatic carbocycles. The Bertz CT molecular complexity index is 1340. The summed E-state index contributed by atoms with van der Waals surface area (Å²) in [6.45, 7) is 1.88. The molecular weight excluding hydrogens is 530 g/mol. The summed E-state index contributed by atoms with van der Waals surface area (Å²) in [4.78, 5) is 13.2. The zero-order valence-corrected chi connectivity index (χ0v) is 23.4. The molecule has 1 atom stereocenters. The minimum Gasteiger partial charge on any atom is -0.497 e. The van der Waals surface area contributed by atoms with Crippen LogP contribution in [-0.2, 0) is 31.3 Å². The lowest BCUT2D eigenvalue weighted by Gasteiger charge is -2.31. The molecule has 1 amide bonds. The van der Waals surface area contributed by atoms with Crippen LogP contribution in [0.4, 0.5) is 0 Å². The van der Waals surface area contributed by atoms with Crippen molar-refractivity contribution in [2.24, 2.45) is 5.92 Å². The quantitative estimate of drug-likeness (QED) is 0.469. The molecule has 1 N–H and O–H groups in total. The number of hydrogen-bond donors (Lipinski definition) is 1. The van der Waals surface area contributed by atoms with Crippen LogP contribution in [0.15, 0.2) is 52.3 Å². The Morgan fingerprint density at radius 1 is 0.895 bits per heavy atom. The number of piperidine rings is 1. The molecule has 0 aromatic heterocycles. The predicted octanol–water partition coefficient (Wildman–Crippen LogP) is 2.25. The fraction of sp³-hybridized carbons (Fsp3) is 0.500. The molecule has 2 aromatic rings. The summed E-state index contributed by atoms with van der Waals surface area (Å²) in [6.07, 6.45) is 3.46. The molecule has 38 heavy (non-hydrogen) atoms. The van der Waals surface area contributed by atoms with Crippen LogP contribution in [-0.4, -0.2) is 78.3 Å². The first kappa shape index (κ1) is 28.3. The van der Waals surface area contributed by atoms with Crippen molar-refractivity contribution in [1.82, 2.24) is 13.9 Å². The number of amides is 1. The van der Waals surface area contributed by atoms with E-state index >= 15 is 0 Å². The average molecular weight is 566 g/mol. The normalized spacial score (nSPS) is 19.3. The predicted molar refractivity (Wildman–Crippen MR) is 142 cm³/mol. The van der Waals surface area contributed by atoms with Crippen LogP contribution in [0.5, 0.6) is 11.5 Å². The van der Waals surface area contributed by atoms with Gasteiger partial charge in [-0.1, -0.05) is 12.1 Å². The molecule has 1 unspecified atom stereocenters. The van der Waals surface area contributed by atoms with Crippen molar-refractivity contribution in [3.8, 4) is 11.5 Å². The Balaban J connectivity index is 1.34. The topological polar surface area (TPSA) is 122 Å². The van der Waals surface area contributed by atoms with Crippen LogP contribution in [0.3, 0.4) is 0 Å². The third kappa shape index (κ3) is 6.14. The number of carbonyl (C=O) groups is 1. The van der Waals surface area contributed by atoms with E-state index in [-0.39, 0.29) is 28.0 Å². The van der Waals surface area contributed by atoms with Crippen molar-refractivity contribution < 1.29 is 31.1 Å². The highest BCUT2D eigenvalue weighted by Crippen LogP contribution is 2.32. The van der Waals surface area contributed by atoms with E-state index in [9.17, 15) is 21.6 Å². The van der Waals surface area contributed by atoms with E-state index in [0.717, 1.165) is 18.4 Å². The smallest absolute Gasteiger partial charge is 0.246 e. The Morgan fingerprint density at radius 2 is 1.58 bits per heavy atom. The number of nitrogens with one attached hydrogen (secondary N) is 1. The summed E-state index contributed by atoms with van der Waals surface area (Å²) in [5.41, 5.74) is 0.906. The summed E-state index contributed by atoms with van der Waals surface area (Å²) >= 11 is 0. The highest BCUT2D eigenvalue weighted by Gasteiger charge is 2.35. The van der Waals surface area contributed by atoms with Crippen LogP contribution < -0.4 is 14.8 Å². The molecule has 2 aliphatic heterocycles. The fourth-order valence-electron chi connectivity index (χ4n) is 4.88. The van der Waals surface area contributed by atoms with E-state index in [1.54, 1.807) is 36.4 Å². The second kappa shape index (κ2) is 12.0. The van der Waals surface area contributed by atoms with E-state index < -0.39 is 26.0 Å². The summed E-state index contributed by atoms with van der Waals surface area (Å²) in [7, 11) is -4.48. The highest BCUT2D eigenvalue weighted by atomic mass is 32.2. The van der Waals surface area contributed by atoms with Crippen LogP contribution in [0.25, 0.3) is 0 Å². The minimum atomic E-state index is -3.89. The number of benzene rings is 2. The fourth-order valence-corrected chi connectivity index (χ4v) is 8.09. The molecule has 0 radical (unpaired) electrons. The lowest BCUT2D eigenvalue weighted by Crippen LogP contribution is -2.45. The molecule has 208 valence electrons. The maximum atomic E-state index is 13.4. The van der Waals surface area contributed by atoms with E-state index in [0.29, 0.717) is 51.2 Å². The van der Waals surface area contributed by atoms with Gasteiger partial charge in [-0.2, -0.15) is 8.61 Å². The van der Waals surface area contributed by atoms with Gasteiger partial charge >= 0.3 is 0 Å². The summed E-state index contributed by atoms with van der Waals surface area (Å²) < 4.78 is 65.5. The zero-order chi connectivity index (χ0) is 27.3. The van der Waals surface area contributed by atoms with Crippen LogP contribution in [0.2, 0.25) is 0 Å². The number of rotatable bonds is 10. The second-order valence-electron chi connectivity index (χ2n) is 9.52. The van der Waals surface area contributed by atoms with Gasteiger partial charge in [-0.05, 0) is 61.9 Å². The zero-order valence-electron chi connectivity index (χ0n) is 21.8. The van der Waals surface area contributed by atoms with Gasteiger partial charge in [-0.15, -0.1) is 0 Å². The molecule has 10 nitrogen and oxygen atoms in total. The SMILES string of the molecule is COc1ccc(OC)c(S(=O)(=O)N2CCCC(C(=O)NCCc3ccc(S(=O)(=O)N4CCCC4)cc3)C2)c1. The number of hydrogen-bond acceptors (Lipinski definition) is 7. The van der Waals surface area contributed by atoms with Crippen molar-refractivity contribution in [2.45, 2.75) is 41.9 Å². The molecule has 0 bridgehead atoms. The number of carbonyl (C=O) groups excluding carboxylic acids is 1. The van der Waals surface area contributed by atoms with Crippen molar-refractivity contribution >= 4 is 26.0 Å². The van der Waals surface area contributed by atoms with Gasteiger partial charge in [0.05, 0.1) is 25.0 Å². The Kier molecular flexibility index (Phi) is 8.96. The molecule has 12 heteroatoms. The Labute approximate surface area is 225 Å². The summed E-state index contributed by atoms with van der Waals surface area (Å²) in [5, 5.41) is 2.91. The largest absolute Gasteiger partial charge is 0.497 e. The highest BCUT2D eigenvalue weighted by molar-refractivity contribution is 7.89. The first-order valence-corrected chi connectivity index (χ1v) is 15.6. The maximum Gasteiger partial charge on any atom is 0.246 e. The van der Waals surface area contributed by atoms with E-state index in [1.165, 1.54) is 28.9 Å². The third-order valence-corrected chi connectivity index (χ3v) is 10.9. The van der Waals surface area contributed by atoms with Crippen molar-refractivity contribution in [3.05, 3.63) is 48.0 Å². The Hall–Kier alpha value is -2.67. The van der Waals surface area contributed by atoms with Gasteiger partial charge in [0.15, 0.2) is 0 Å². The van der Waals surface area contributed by atoms with Crippen molar-refractivity contribution in [3.63, 3.8) is 0 Å². The average Bonchev–Trinajstić information content (AvgIpc) is 3.49. The summed E-state index contributed by atoms with van der Waals surface area (Å²) in [5.74, 6) is -0.0483. The molecular formula is C26H35N3O7S2. The number of nitrogens with zero attached hydrogens (tertiary/aromatic N) is 2. The second-order valence-corrected chi connectivity index (χ2v) is 13.4. The van der Waals surface area contributed by atoms with E-state index in [1.807, 2.05) is 0 Å². The van der Waals surface area contributed by atoms with Gasteiger partial charge in [0.25, 0.3) is 0 Å². The first-order chi connectivity index (χ1) is 18.2. The van der Waals surface area contributed by atoms with Crippen LogP contribution in [0.1, 0.15) is 31.2 Å². The third-order valence-electron chi connectivity index (χ3n) is 7.08. The molecule has 4 rings (SSSR count). The van der Waals surface area contributed by atoms with Crippen LogP contribution >= 0.6 is 0 Å². The van der Waals surface area contributed by atoms with E-state index in [4.69, 9.17) is 9.47 Å². The molecule has 2 fully saturated rings. The van der Waals surface area contributed by atoms with Gasteiger partial charge in [0.2, 0.25) is 26.0 Å². The molecule has 2 aliphatic rings. The Morgan fingerprint density at radius 3 is 2.24 bits per heavy atom. The van der Waals surface area contributed by atoms with Crippen molar-refractivity contribution in [1.29, 1.82) is 0 Å². The van der Waals surface area contributed by atoms with Gasteiger partial charge in [0.1, 0.15) is 16.4 Å². The maximum absolute atomic E-state index is 13.4. The molecule has 2 heterocycles. The standard InChI is InChI=1S/C26H35N3O7S2/c1-35-22-9-12-24(36-2)25(18-22)38(33,34)29-17-5-6-21(19-29)26(30)27-14-13-20-7-10-23(11-8-20)37(31,32)28-15-3-4-16-28/h7-12,18,21H,3-6,13-17,19H2,1-2H3,(H,27,30). The number of methoxy groups -OCH3 is 2. The minimum absolute atomic E-state index is 0.00982. The van der Waals surface area contributed by atoms with Gasteiger partial charge in [-0.25, -0.2) is 16.8 Å². The molecule has 0 saturated carbocycles. The first-order valence-electron chi connectivity index (χ1n) is 12.8.